The molecule has 0 bridgehead atoms. The van der Waals surface area contributed by atoms with Crippen LogP contribution in [0.15, 0.2) is 78.9 Å². The number of hydrogen-bond acceptors (Lipinski definition) is 9. The summed E-state index contributed by atoms with van der Waals surface area (Å²) in [4.78, 5) is 63.9. The molecule has 1 saturated heterocycles. The van der Waals surface area contributed by atoms with Crippen LogP contribution >= 0.6 is 0 Å². The summed E-state index contributed by atoms with van der Waals surface area (Å²) in [6.07, 6.45) is -3.11. The Hall–Kier alpha value is -5.19. The number of carbonyl (C=O) groups excluding carboxylic acids is 5. The Morgan fingerprint density at radius 1 is 0.881 bits per heavy atom. The molecule has 3 aromatic rings. The first-order valence-electron chi connectivity index (χ1n) is 13.2. The number of phenolic OH excluding ortho intramolecular Hbond substituents is 1. The monoisotopic (exact) mass is 574 g/mol. The molecule has 42 heavy (non-hydrogen) atoms. The summed E-state index contributed by atoms with van der Waals surface area (Å²) in [5, 5.41) is 15.2. The summed E-state index contributed by atoms with van der Waals surface area (Å²) in [5.74, 6) is -4.89. The van der Waals surface area contributed by atoms with E-state index in [1.54, 1.807) is 54.6 Å². The van der Waals surface area contributed by atoms with Crippen LogP contribution in [0, 0.1) is 5.92 Å². The second-order valence-electron chi connectivity index (χ2n) is 9.73. The predicted molar refractivity (Wildman–Crippen MR) is 149 cm³/mol. The number of nitrogens with one attached hydrogen (secondary N) is 2. The molecule has 1 heterocycles. The number of para-hydroxylation sites is 1. The van der Waals surface area contributed by atoms with Crippen LogP contribution in [0.2, 0.25) is 0 Å². The standard InChI is InChI=1S/C31H30N2O9/c1-18-25(33-28(36)22-14-9-15-24(26(22)35)32-17-34)31(39)41-19(2)27(42-29(37)21-12-7-4-8-13-21)23(30(38)40-18)16-20-10-5-3-6-11-20/h3-15,17-19,23,25,27,35H,16H2,1-2H3,(H,32,34)(H,33,36). The number of hydrogen-bond donors (Lipinski definition) is 3. The second kappa shape index (κ2) is 13.4. The number of esters is 3. The van der Waals surface area contributed by atoms with Crippen molar-refractivity contribution in [2.24, 2.45) is 5.92 Å². The number of rotatable bonds is 8. The SMILES string of the molecule is CC1OC(=O)C(Cc2ccccc2)C(OC(=O)c2ccccc2)C(C)OC(=O)C1NC(=O)c1cccc(NC=O)c1O. The van der Waals surface area contributed by atoms with Crippen molar-refractivity contribution in [3.63, 3.8) is 0 Å². The fourth-order valence-electron chi connectivity index (χ4n) is 4.63. The van der Waals surface area contributed by atoms with E-state index in [1.807, 2.05) is 6.07 Å². The van der Waals surface area contributed by atoms with E-state index in [1.165, 1.54) is 32.0 Å². The van der Waals surface area contributed by atoms with Gasteiger partial charge in [-0.1, -0.05) is 54.6 Å². The van der Waals surface area contributed by atoms with Gasteiger partial charge >= 0.3 is 17.9 Å². The summed E-state index contributed by atoms with van der Waals surface area (Å²) >= 11 is 0. The molecule has 11 heteroatoms. The first-order valence-corrected chi connectivity index (χ1v) is 13.2. The third kappa shape index (κ3) is 6.92. The summed E-state index contributed by atoms with van der Waals surface area (Å²) < 4.78 is 17.1. The first-order chi connectivity index (χ1) is 20.2. The third-order valence-corrected chi connectivity index (χ3v) is 6.82. The maximum atomic E-state index is 13.6. The Morgan fingerprint density at radius 3 is 2.19 bits per heavy atom. The lowest BCUT2D eigenvalue weighted by atomic mass is 9.91. The van der Waals surface area contributed by atoms with Crippen molar-refractivity contribution < 1.29 is 43.3 Å². The van der Waals surface area contributed by atoms with Gasteiger partial charge in [-0.3, -0.25) is 14.4 Å². The molecule has 5 atom stereocenters. The molecule has 3 aromatic carbocycles. The fraction of sp³-hybridized carbons (Fsp3) is 0.258. The lowest BCUT2D eigenvalue weighted by Crippen LogP contribution is -2.50. The Labute approximate surface area is 241 Å². The van der Waals surface area contributed by atoms with E-state index in [0.29, 0.717) is 6.41 Å². The van der Waals surface area contributed by atoms with Gasteiger partial charge in [0.15, 0.2) is 17.9 Å². The van der Waals surface area contributed by atoms with E-state index in [0.717, 1.165) is 5.56 Å². The number of phenols is 1. The first kappa shape index (κ1) is 29.8. The van der Waals surface area contributed by atoms with Crippen molar-refractivity contribution in [3.8, 4) is 5.75 Å². The molecule has 0 radical (unpaired) electrons. The van der Waals surface area contributed by atoms with Gasteiger partial charge in [-0.25, -0.2) is 9.59 Å². The molecule has 0 aromatic heterocycles. The van der Waals surface area contributed by atoms with Gasteiger partial charge in [0.2, 0.25) is 6.41 Å². The molecule has 1 aliphatic rings. The van der Waals surface area contributed by atoms with Crippen molar-refractivity contribution in [1.82, 2.24) is 5.32 Å². The van der Waals surface area contributed by atoms with Crippen LogP contribution in [0.3, 0.4) is 0 Å². The minimum Gasteiger partial charge on any atom is -0.505 e. The zero-order valence-electron chi connectivity index (χ0n) is 22.9. The quantitative estimate of drug-likeness (QED) is 0.159. The van der Waals surface area contributed by atoms with Gasteiger partial charge in [0.25, 0.3) is 5.91 Å². The summed E-state index contributed by atoms with van der Waals surface area (Å²) in [7, 11) is 0. The average Bonchev–Trinajstić information content (AvgIpc) is 3.01. The molecule has 4 rings (SSSR count). The molecule has 218 valence electrons. The fourth-order valence-corrected chi connectivity index (χ4v) is 4.63. The normalized spacial score (nSPS) is 22.3. The number of benzene rings is 3. The lowest BCUT2D eigenvalue weighted by molar-refractivity contribution is -0.160. The molecule has 1 aliphatic heterocycles. The Balaban J connectivity index is 1.64. The van der Waals surface area contributed by atoms with Crippen molar-refractivity contribution >= 4 is 35.9 Å². The van der Waals surface area contributed by atoms with E-state index in [2.05, 4.69) is 10.6 Å². The molecule has 0 saturated carbocycles. The minimum atomic E-state index is -1.48. The van der Waals surface area contributed by atoms with Gasteiger partial charge < -0.3 is 30.0 Å². The second-order valence-corrected chi connectivity index (χ2v) is 9.73. The molecule has 0 spiro atoms. The Morgan fingerprint density at radius 2 is 1.52 bits per heavy atom. The highest BCUT2D eigenvalue weighted by Gasteiger charge is 2.44. The lowest BCUT2D eigenvalue weighted by Gasteiger charge is -2.29. The van der Waals surface area contributed by atoms with Crippen LogP contribution in [-0.2, 0) is 35.0 Å². The van der Waals surface area contributed by atoms with Crippen LogP contribution in [0.25, 0.3) is 0 Å². The number of amides is 2. The molecule has 2 amide bonds. The van der Waals surface area contributed by atoms with Crippen LogP contribution < -0.4 is 10.6 Å². The number of cyclic esters (lactones) is 2. The molecule has 1 fully saturated rings. The Kier molecular flexibility index (Phi) is 9.53. The number of carbonyl (C=O) groups is 5. The minimum absolute atomic E-state index is 0.0189. The van der Waals surface area contributed by atoms with Crippen LogP contribution in [-0.4, -0.2) is 59.7 Å². The van der Waals surface area contributed by atoms with Crippen LogP contribution in [0.5, 0.6) is 5.75 Å². The van der Waals surface area contributed by atoms with Crippen LogP contribution in [0.4, 0.5) is 5.69 Å². The Bertz CT molecular complexity index is 1450. The molecular formula is C31H30N2O9. The molecular weight excluding hydrogens is 544 g/mol. The molecule has 5 unspecified atom stereocenters. The van der Waals surface area contributed by atoms with E-state index in [4.69, 9.17) is 14.2 Å². The predicted octanol–water partition coefficient (Wildman–Crippen LogP) is 3.02. The molecule has 11 nitrogen and oxygen atoms in total. The van der Waals surface area contributed by atoms with Crippen molar-refractivity contribution in [1.29, 1.82) is 0 Å². The third-order valence-electron chi connectivity index (χ3n) is 6.82. The maximum absolute atomic E-state index is 13.6. The van der Waals surface area contributed by atoms with Gasteiger partial charge in [-0.2, -0.15) is 0 Å². The highest BCUT2D eigenvalue weighted by atomic mass is 16.6. The van der Waals surface area contributed by atoms with E-state index >= 15 is 0 Å². The van der Waals surface area contributed by atoms with E-state index < -0.39 is 59.8 Å². The average molecular weight is 575 g/mol. The van der Waals surface area contributed by atoms with Crippen molar-refractivity contribution in [3.05, 3.63) is 95.6 Å². The number of anilines is 1. The van der Waals surface area contributed by atoms with E-state index in [9.17, 15) is 29.1 Å². The van der Waals surface area contributed by atoms with Gasteiger partial charge in [0, 0.05) is 0 Å². The van der Waals surface area contributed by atoms with Gasteiger partial charge in [0.1, 0.15) is 18.1 Å². The highest BCUT2D eigenvalue weighted by molar-refractivity contribution is 6.01. The van der Waals surface area contributed by atoms with Crippen LogP contribution in [0.1, 0.15) is 40.1 Å². The van der Waals surface area contributed by atoms with E-state index in [-0.39, 0.29) is 23.2 Å². The van der Waals surface area contributed by atoms with Gasteiger partial charge in [-0.05, 0) is 50.1 Å². The highest BCUT2D eigenvalue weighted by Crippen LogP contribution is 2.28. The number of aromatic hydroxyl groups is 1. The summed E-state index contributed by atoms with van der Waals surface area (Å²) in [6, 6.07) is 19.8. The molecule has 3 N–H and O–H groups in total. The number of ether oxygens (including phenoxy) is 3. The molecule has 0 aliphatic carbocycles. The smallest absolute Gasteiger partial charge is 0.338 e. The van der Waals surface area contributed by atoms with Gasteiger partial charge in [-0.15, -0.1) is 0 Å². The maximum Gasteiger partial charge on any atom is 0.338 e. The van der Waals surface area contributed by atoms with Crippen molar-refractivity contribution in [2.75, 3.05) is 5.32 Å². The summed E-state index contributed by atoms with van der Waals surface area (Å²) in [6.45, 7) is 2.90. The topological polar surface area (TPSA) is 157 Å². The zero-order chi connectivity index (χ0) is 30.2. The zero-order valence-corrected chi connectivity index (χ0v) is 22.9. The van der Waals surface area contributed by atoms with Gasteiger partial charge in [0.05, 0.1) is 16.8 Å². The summed E-state index contributed by atoms with van der Waals surface area (Å²) in [5.41, 5.74) is 0.745. The van der Waals surface area contributed by atoms with Crippen molar-refractivity contribution in [2.45, 2.75) is 44.6 Å². The largest absolute Gasteiger partial charge is 0.505 e.